The summed E-state index contributed by atoms with van der Waals surface area (Å²) < 4.78 is 4.89. The zero-order valence-corrected chi connectivity index (χ0v) is 17.4. The topological polar surface area (TPSA) is 92.7 Å². The van der Waals surface area contributed by atoms with Gasteiger partial charge in [-0.25, -0.2) is 4.79 Å². The van der Waals surface area contributed by atoms with Crippen molar-refractivity contribution in [2.45, 2.75) is 19.3 Å². The third-order valence-electron chi connectivity index (χ3n) is 5.98. The maximum Gasteiger partial charge on any atom is 0.340 e. The Morgan fingerprint density at radius 1 is 1.10 bits per heavy atom. The fraction of sp³-hybridized carbons (Fsp3) is 0.348. The number of esters is 1. The van der Waals surface area contributed by atoms with Gasteiger partial charge in [-0.05, 0) is 36.3 Å². The van der Waals surface area contributed by atoms with E-state index in [9.17, 15) is 19.5 Å². The second kappa shape index (κ2) is 8.44. The SMILES string of the molecule is COC(=O)c1cc(Cc2ccccc2)sc1NC(=O)[C@@H]1[C@H](C(=O)O)[C@H]2C=C[C@H]1CC2. The Kier molecular flexibility index (Phi) is 5.72. The smallest absolute Gasteiger partial charge is 0.340 e. The summed E-state index contributed by atoms with van der Waals surface area (Å²) in [5.74, 6) is -3.42. The highest BCUT2D eigenvalue weighted by Gasteiger charge is 2.48. The van der Waals surface area contributed by atoms with Gasteiger partial charge in [-0.2, -0.15) is 0 Å². The van der Waals surface area contributed by atoms with Crippen molar-refractivity contribution in [2.24, 2.45) is 23.7 Å². The Morgan fingerprint density at radius 2 is 1.77 bits per heavy atom. The molecule has 7 heteroatoms. The van der Waals surface area contributed by atoms with E-state index in [0.29, 0.717) is 17.0 Å². The summed E-state index contributed by atoms with van der Waals surface area (Å²) in [7, 11) is 1.30. The molecule has 1 aromatic carbocycles. The number of allylic oxidation sites excluding steroid dienone is 2. The molecule has 5 rings (SSSR count). The average Bonchev–Trinajstić information content (AvgIpc) is 3.15. The van der Waals surface area contributed by atoms with Crippen LogP contribution in [-0.2, 0) is 20.7 Å². The lowest BCUT2D eigenvalue weighted by atomic mass is 9.62. The molecule has 0 radical (unpaired) electrons. The lowest BCUT2D eigenvalue weighted by molar-refractivity contribution is -0.151. The number of hydrogen-bond acceptors (Lipinski definition) is 5. The molecule has 1 heterocycles. The molecule has 0 spiro atoms. The van der Waals surface area contributed by atoms with Crippen LogP contribution in [0.3, 0.4) is 0 Å². The van der Waals surface area contributed by atoms with Gasteiger partial charge < -0.3 is 15.2 Å². The summed E-state index contributed by atoms with van der Waals surface area (Å²) in [5.41, 5.74) is 1.39. The van der Waals surface area contributed by atoms with E-state index >= 15 is 0 Å². The lowest BCUT2D eigenvalue weighted by Crippen LogP contribution is -2.47. The van der Waals surface area contributed by atoms with Crippen LogP contribution >= 0.6 is 11.3 Å². The first-order chi connectivity index (χ1) is 14.5. The molecule has 6 nitrogen and oxygen atoms in total. The van der Waals surface area contributed by atoms with Crippen LogP contribution in [0.15, 0.2) is 48.6 Å². The zero-order chi connectivity index (χ0) is 21.3. The van der Waals surface area contributed by atoms with Crippen molar-refractivity contribution in [2.75, 3.05) is 12.4 Å². The Bertz CT molecular complexity index is 996. The van der Waals surface area contributed by atoms with Crippen molar-refractivity contribution < 1.29 is 24.2 Å². The number of carbonyl (C=O) groups is 3. The van der Waals surface area contributed by atoms with Gasteiger partial charge >= 0.3 is 11.9 Å². The molecular formula is C23H23NO5S. The first kappa shape index (κ1) is 20.3. The van der Waals surface area contributed by atoms with Gasteiger partial charge in [0.1, 0.15) is 5.00 Å². The van der Waals surface area contributed by atoms with E-state index in [4.69, 9.17) is 4.74 Å². The Hall–Kier alpha value is -2.93. The summed E-state index contributed by atoms with van der Waals surface area (Å²) in [5, 5.41) is 13.0. The fourth-order valence-corrected chi connectivity index (χ4v) is 5.65. The van der Waals surface area contributed by atoms with E-state index in [2.05, 4.69) is 5.32 Å². The van der Waals surface area contributed by atoms with Gasteiger partial charge in [0.2, 0.25) is 5.91 Å². The van der Waals surface area contributed by atoms with Gasteiger partial charge in [0.25, 0.3) is 0 Å². The van der Waals surface area contributed by atoms with Crippen molar-refractivity contribution in [1.82, 2.24) is 0 Å². The maximum absolute atomic E-state index is 13.1. The van der Waals surface area contributed by atoms with Crippen LogP contribution in [0, 0.1) is 23.7 Å². The number of benzene rings is 1. The maximum atomic E-state index is 13.1. The van der Waals surface area contributed by atoms with E-state index in [0.717, 1.165) is 23.3 Å². The molecule has 0 unspecified atom stereocenters. The molecule has 3 aliphatic rings. The standard InChI is InChI=1S/C23H23NO5S/c1-29-23(28)17-12-16(11-13-5-3-2-4-6-13)30-21(17)24-20(25)18-14-7-9-15(10-8-14)19(18)22(26)27/h2-7,9,12,14-15,18-19H,8,10-11H2,1H3,(H,24,25)(H,26,27)/t14-,15-,18-,19+/m0/s1. The number of amides is 1. The predicted octanol–water partition coefficient (Wildman–Crippen LogP) is 3.98. The molecule has 3 aliphatic carbocycles. The number of carboxylic acids is 1. The number of thiophene rings is 1. The monoisotopic (exact) mass is 425 g/mol. The molecule has 1 aromatic heterocycles. The van der Waals surface area contributed by atoms with E-state index in [1.165, 1.54) is 18.4 Å². The van der Waals surface area contributed by atoms with Crippen LogP contribution in [0.25, 0.3) is 0 Å². The predicted molar refractivity (Wildman–Crippen MR) is 114 cm³/mol. The van der Waals surface area contributed by atoms with Crippen molar-refractivity contribution in [3.63, 3.8) is 0 Å². The molecule has 30 heavy (non-hydrogen) atoms. The number of carbonyl (C=O) groups excluding carboxylic acids is 2. The number of fused-ring (bicyclic) bond motifs is 2. The molecule has 2 N–H and O–H groups in total. The second-order valence-corrected chi connectivity index (χ2v) is 8.92. The van der Waals surface area contributed by atoms with E-state index in [-0.39, 0.29) is 17.7 Å². The molecule has 156 valence electrons. The Labute approximate surface area is 178 Å². The summed E-state index contributed by atoms with van der Waals surface area (Å²) in [6.45, 7) is 0. The quantitative estimate of drug-likeness (QED) is 0.540. The van der Waals surface area contributed by atoms with Crippen LogP contribution in [0.1, 0.15) is 33.6 Å². The molecule has 0 saturated heterocycles. The minimum Gasteiger partial charge on any atom is -0.481 e. The van der Waals surface area contributed by atoms with Crippen LogP contribution in [-0.4, -0.2) is 30.1 Å². The number of aliphatic carboxylic acids is 1. The lowest BCUT2D eigenvalue weighted by Gasteiger charge is -2.41. The number of nitrogens with one attached hydrogen (secondary N) is 1. The third-order valence-corrected chi connectivity index (χ3v) is 7.03. The number of ether oxygens (including phenoxy) is 1. The van der Waals surface area contributed by atoms with Gasteiger partial charge in [0, 0.05) is 11.3 Å². The van der Waals surface area contributed by atoms with Crippen LogP contribution in [0.2, 0.25) is 0 Å². The van der Waals surface area contributed by atoms with Gasteiger partial charge in [0.05, 0.1) is 24.5 Å². The summed E-state index contributed by atoms with van der Waals surface area (Å²) in [6.07, 6.45) is 6.11. The molecule has 2 bridgehead atoms. The Balaban J connectivity index is 1.60. The Morgan fingerprint density at radius 3 is 2.37 bits per heavy atom. The van der Waals surface area contributed by atoms with Crippen LogP contribution < -0.4 is 5.32 Å². The highest BCUT2D eigenvalue weighted by molar-refractivity contribution is 7.16. The summed E-state index contributed by atoms with van der Waals surface area (Å²) in [4.78, 5) is 38.2. The fourth-order valence-electron chi connectivity index (χ4n) is 4.56. The molecule has 4 atom stereocenters. The zero-order valence-electron chi connectivity index (χ0n) is 16.5. The number of hydrogen-bond donors (Lipinski definition) is 2. The van der Waals surface area contributed by atoms with Crippen molar-refractivity contribution in [3.8, 4) is 0 Å². The molecule has 2 aromatic rings. The second-order valence-electron chi connectivity index (χ2n) is 7.78. The molecule has 1 saturated carbocycles. The van der Waals surface area contributed by atoms with Gasteiger partial charge in [-0.1, -0.05) is 42.5 Å². The molecule has 1 fully saturated rings. The van der Waals surface area contributed by atoms with Gasteiger partial charge in [-0.15, -0.1) is 11.3 Å². The highest BCUT2D eigenvalue weighted by atomic mass is 32.1. The molecule has 0 aliphatic heterocycles. The molecule has 1 amide bonds. The number of carboxylic acid groups (broad SMARTS) is 1. The van der Waals surface area contributed by atoms with E-state index in [1.807, 2.05) is 42.5 Å². The van der Waals surface area contributed by atoms with Crippen LogP contribution in [0.5, 0.6) is 0 Å². The van der Waals surface area contributed by atoms with Crippen molar-refractivity contribution in [3.05, 3.63) is 64.6 Å². The first-order valence-electron chi connectivity index (χ1n) is 9.95. The number of anilines is 1. The first-order valence-corrected chi connectivity index (χ1v) is 10.8. The normalized spacial score (nSPS) is 24.4. The van der Waals surface area contributed by atoms with Crippen molar-refractivity contribution >= 4 is 34.2 Å². The summed E-state index contributed by atoms with van der Waals surface area (Å²) >= 11 is 1.32. The summed E-state index contributed by atoms with van der Waals surface area (Å²) in [6, 6.07) is 11.6. The average molecular weight is 426 g/mol. The van der Waals surface area contributed by atoms with Gasteiger partial charge in [-0.3, -0.25) is 9.59 Å². The number of methoxy groups -OCH3 is 1. The minimum atomic E-state index is -0.946. The van der Waals surface area contributed by atoms with Crippen LogP contribution in [0.4, 0.5) is 5.00 Å². The third kappa shape index (κ3) is 3.89. The van der Waals surface area contributed by atoms with Crippen molar-refractivity contribution in [1.29, 1.82) is 0 Å². The van der Waals surface area contributed by atoms with Gasteiger partial charge in [0.15, 0.2) is 0 Å². The molecular weight excluding hydrogens is 402 g/mol. The highest BCUT2D eigenvalue weighted by Crippen LogP contribution is 2.45. The minimum absolute atomic E-state index is 0.0959. The van der Waals surface area contributed by atoms with E-state index in [1.54, 1.807) is 6.07 Å². The number of rotatable bonds is 6. The largest absolute Gasteiger partial charge is 0.481 e. The van der Waals surface area contributed by atoms with E-state index < -0.39 is 23.8 Å².